The Morgan fingerprint density at radius 3 is 2.88 bits per heavy atom. The number of nitrogens with zero attached hydrogens (tertiary/aromatic N) is 1. The summed E-state index contributed by atoms with van der Waals surface area (Å²) in [5.41, 5.74) is 2.64. The van der Waals surface area contributed by atoms with E-state index in [0.29, 0.717) is 35.8 Å². The van der Waals surface area contributed by atoms with E-state index in [4.69, 9.17) is 0 Å². The number of hydrogen-bond acceptors (Lipinski definition) is 3. The molecule has 4 aliphatic rings. The Balaban J connectivity index is 1.59. The second-order valence-electron chi connectivity index (χ2n) is 9.23. The first kappa shape index (κ1) is 15.9. The van der Waals surface area contributed by atoms with Gasteiger partial charge in [0, 0.05) is 30.8 Å². The van der Waals surface area contributed by atoms with Crippen molar-refractivity contribution in [1.82, 2.24) is 4.90 Å². The van der Waals surface area contributed by atoms with Crippen LogP contribution in [0.4, 0.5) is 0 Å². The van der Waals surface area contributed by atoms with Gasteiger partial charge in [0.15, 0.2) is 0 Å². The number of likely N-dealkylation sites (tertiary alicyclic amines) is 1. The molecule has 0 radical (unpaired) electrons. The average Bonchev–Trinajstić information content (AvgIpc) is 2.52. The van der Waals surface area contributed by atoms with Crippen LogP contribution in [0.2, 0.25) is 0 Å². The van der Waals surface area contributed by atoms with Crippen LogP contribution in [0.5, 0.6) is 5.75 Å². The normalized spacial score (nSPS) is 38.0. The van der Waals surface area contributed by atoms with Crippen LogP contribution in [0.25, 0.3) is 0 Å². The lowest BCUT2D eigenvalue weighted by Gasteiger charge is -2.61. The van der Waals surface area contributed by atoms with E-state index in [0.717, 1.165) is 31.7 Å². The Morgan fingerprint density at radius 2 is 2.12 bits per heavy atom. The van der Waals surface area contributed by atoms with E-state index in [-0.39, 0.29) is 5.41 Å². The number of ketones is 1. The van der Waals surface area contributed by atoms with Crippen molar-refractivity contribution in [3.63, 3.8) is 0 Å². The van der Waals surface area contributed by atoms with Crippen molar-refractivity contribution in [2.75, 3.05) is 13.1 Å². The summed E-state index contributed by atoms with van der Waals surface area (Å²) in [5.74, 6) is 2.69. The molecule has 1 aromatic rings. The lowest BCUT2D eigenvalue weighted by atomic mass is 9.49. The molecule has 134 valence electrons. The highest BCUT2D eigenvalue weighted by atomic mass is 16.3. The van der Waals surface area contributed by atoms with Crippen LogP contribution in [0, 0.1) is 17.8 Å². The van der Waals surface area contributed by atoms with E-state index in [2.05, 4.69) is 17.9 Å². The molecular weight excluding hydrogens is 310 g/mol. The minimum absolute atomic E-state index is 0.0259. The number of rotatable bonds is 2. The number of aromatic hydroxyl groups is 1. The molecule has 1 N–H and O–H groups in total. The predicted molar refractivity (Wildman–Crippen MR) is 97.7 cm³/mol. The van der Waals surface area contributed by atoms with Crippen LogP contribution in [-0.2, 0) is 16.6 Å². The first-order chi connectivity index (χ1) is 12.1. The molecule has 1 heterocycles. The van der Waals surface area contributed by atoms with Gasteiger partial charge in [0.05, 0.1) is 0 Å². The van der Waals surface area contributed by atoms with Gasteiger partial charge in [-0.3, -0.25) is 9.69 Å². The molecule has 0 spiro atoms. The summed E-state index contributed by atoms with van der Waals surface area (Å²) in [4.78, 5) is 15.3. The molecule has 1 saturated heterocycles. The molecule has 3 fully saturated rings. The summed E-state index contributed by atoms with van der Waals surface area (Å²) in [6.45, 7) is 4.67. The van der Waals surface area contributed by atoms with Gasteiger partial charge in [0.2, 0.25) is 0 Å². The van der Waals surface area contributed by atoms with Crippen molar-refractivity contribution in [2.24, 2.45) is 17.8 Å². The maximum absolute atomic E-state index is 12.6. The number of Topliss-reactive ketones (excluding diaryl/α,β-unsaturated/α-hetero) is 1. The minimum Gasteiger partial charge on any atom is -0.508 e. The summed E-state index contributed by atoms with van der Waals surface area (Å²) in [6, 6.07) is 6.50. The quantitative estimate of drug-likeness (QED) is 0.894. The third-order valence-corrected chi connectivity index (χ3v) is 7.82. The SMILES string of the molecule is C[C@@H]1CC(=O)C[C@]23CCN(CC4CCC4)[C@H](Cc4ccc(O)cc42)[C@H]13. The van der Waals surface area contributed by atoms with Crippen LogP contribution >= 0.6 is 0 Å². The Bertz CT molecular complexity index is 710. The first-order valence-electron chi connectivity index (χ1n) is 10.1. The van der Waals surface area contributed by atoms with E-state index < -0.39 is 0 Å². The van der Waals surface area contributed by atoms with Crippen molar-refractivity contribution in [3.8, 4) is 5.75 Å². The highest BCUT2D eigenvalue weighted by molar-refractivity contribution is 5.82. The molecule has 3 aliphatic carbocycles. The Labute approximate surface area is 150 Å². The molecule has 0 aromatic heterocycles. The van der Waals surface area contributed by atoms with Gasteiger partial charge < -0.3 is 5.11 Å². The van der Waals surface area contributed by atoms with Gasteiger partial charge in [0.1, 0.15) is 11.5 Å². The zero-order chi connectivity index (χ0) is 17.2. The molecular formula is C22H29NO2. The molecule has 0 unspecified atom stereocenters. The Hall–Kier alpha value is -1.35. The van der Waals surface area contributed by atoms with E-state index in [1.807, 2.05) is 12.1 Å². The van der Waals surface area contributed by atoms with Crippen molar-refractivity contribution in [3.05, 3.63) is 29.3 Å². The Morgan fingerprint density at radius 1 is 1.28 bits per heavy atom. The van der Waals surface area contributed by atoms with E-state index >= 15 is 0 Å². The summed E-state index contributed by atoms with van der Waals surface area (Å²) in [7, 11) is 0. The first-order valence-corrected chi connectivity index (χ1v) is 10.1. The van der Waals surface area contributed by atoms with Crippen LogP contribution in [-0.4, -0.2) is 34.9 Å². The van der Waals surface area contributed by atoms with Gasteiger partial charge in [-0.25, -0.2) is 0 Å². The van der Waals surface area contributed by atoms with Gasteiger partial charge >= 0.3 is 0 Å². The zero-order valence-corrected chi connectivity index (χ0v) is 15.2. The molecule has 2 bridgehead atoms. The fourth-order valence-corrected chi connectivity index (χ4v) is 6.64. The lowest BCUT2D eigenvalue weighted by molar-refractivity contribution is -0.131. The number of carbonyl (C=O) groups excluding carboxylic acids is 1. The highest BCUT2D eigenvalue weighted by Gasteiger charge is 2.57. The summed E-state index contributed by atoms with van der Waals surface area (Å²) in [5, 5.41) is 10.1. The lowest BCUT2D eigenvalue weighted by Crippen LogP contribution is -2.64. The van der Waals surface area contributed by atoms with Crippen molar-refractivity contribution in [1.29, 1.82) is 0 Å². The second-order valence-corrected chi connectivity index (χ2v) is 9.23. The molecule has 3 heteroatoms. The van der Waals surface area contributed by atoms with Crippen LogP contribution in [0.1, 0.15) is 56.6 Å². The van der Waals surface area contributed by atoms with E-state index in [1.54, 1.807) is 0 Å². The standard InChI is InChI=1S/C22H29NO2/c1-14-9-18(25)12-22-7-8-23(13-15-3-2-4-15)20(21(14)22)10-16-5-6-17(24)11-19(16)22/h5-6,11,14-15,20-21,24H,2-4,7-10,12-13H2,1H3/t14-,20-,21+,22-/m1/s1. The van der Waals surface area contributed by atoms with Crippen LogP contribution in [0.15, 0.2) is 18.2 Å². The molecule has 0 amide bonds. The highest BCUT2D eigenvalue weighted by Crippen LogP contribution is 2.57. The molecule has 1 aliphatic heterocycles. The number of carbonyl (C=O) groups is 1. The fourth-order valence-electron chi connectivity index (χ4n) is 6.64. The van der Waals surface area contributed by atoms with Crippen LogP contribution in [0.3, 0.4) is 0 Å². The largest absolute Gasteiger partial charge is 0.508 e. The Kier molecular flexibility index (Phi) is 3.54. The molecule has 4 atom stereocenters. The van der Waals surface area contributed by atoms with E-state index in [1.165, 1.54) is 36.9 Å². The zero-order valence-electron chi connectivity index (χ0n) is 15.2. The number of phenols is 1. The van der Waals surface area contributed by atoms with Gasteiger partial charge in [-0.05, 0) is 73.2 Å². The van der Waals surface area contributed by atoms with Gasteiger partial charge in [-0.1, -0.05) is 19.4 Å². The molecule has 3 nitrogen and oxygen atoms in total. The monoisotopic (exact) mass is 339 g/mol. The number of phenolic OH excluding ortho intramolecular Hbond substituents is 1. The maximum Gasteiger partial charge on any atom is 0.134 e. The van der Waals surface area contributed by atoms with E-state index in [9.17, 15) is 9.90 Å². The third-order valence-electron chi connectivity index (χ3n) is 7.82. The topological polar surface area (TPSA) is 40.5 Å². The van der Waals surface area contributed by atoms with Gasteiger partial charge in [0.25, 0.3) is 0 Å². The minimum atomic E-state index is -0.0259. The molecule has 25 heavy (non-hydrogen) atoms. The molecule has 1 aromatic carbocycles. The predicted octanol–water partition coefficient (Wildman–Crippen LogP) is 3.68. The smallest absolute Gasteiger partial charge is 0.134 e. The third kappa shape index (κ3) is 2.31. The van der Waals surface area contributed by atoms with Gasteiger partial charge in [-0.15, -0.1) is 0 Å². The van der Waals surface area contributed by atoms with Gasteiger partial charge in [-0.2, -0.15) is 0 Å². The number of benzene rings is 1. The number of hydrogen-bond donors (Lipinski definition) is 1. The van der Waals surface area contributed by atoms with Crippen molar-refractivity contribution >= 4 is 5.78 Å². The summed E-state index contributed by atoms with van der Waals surface area (Å²) in [6.07, 6.45) is 7.81. The summed E-state index contributed by atoms with van der Waals surface area (Å²) < 4.78 is 0. The van der Waals surface area contributed by atoms with Crippen LogP contribution < -0.4 is 0 Å². The van der Waals surface area contributed by atoms with Crippen molar-refractivity contribution < 1.29 is 9.90 Å². The fraction of sp³-hybridized carbons (Fsp3) is 0.682. The molecule has 2 saturated carbocycles. The maximum atomic E-state index is 12.6. The summed E-state index contributed by atoms with van der Waals surface area (Å²) >= 11 is 0. The number of piperidine rings is 1. The average molecular weight is 339 g/mol. The second kappa shape index (κ2) is 5.57. The van der Waals surface area contributed by atoms with Crippen molar-refractivity contribution in [2.45, 2.75) is 63.3 Å². The molecule has 5 rings (SSSR count). The number of fused-ring (bicyclic) bond motifs is 1.